The fraction of sp³-hybridized carbons (Fsp3) is 0.222. The van der Waals surface area contributed by atoms with Gasteiger partial charge in [-0.2, -0.15) is 5.10 Å². The first kappa shape index (κ1) is 9.92. The van der Waals surface area contributed by atoms with Gasteiger partial charge in [-0.3, -0.25) is 4.79 Å². The predicted octanol–water partition coefficient (Wildman–Crippen LogP) is 0.719. The van der Waals surface area contributed by atoms with Gasteiger partial charge in [-0.25, -0.2) is 9.50 Å². The van der Waals surface area contributed by atoms with Gasteiger partial charge in [0.2, 0.25) is 5.91 Å². The van der Waals surface area contributed by atoms with Crippen molar-refractivity contribution in [2.45, 2.75) is 13.3 Å². The molecule has 0 spiro atoms. The van der Waals surface area contributed by atoms with Crippen LogP contribution in [0.3, 0.4) is 0 Å². The van der Waals surface area contributed by atoms with E-state index in [0.29, 0.717) is 16.5 Å². The molecule has 0 bridgehead atoms. The van der Waals surface area contributed by atoms with E-state index in [1.807, 2.05) is 6.92 Å². The number of carbonyl (C=O) groups is 1. The topological polar surface area (TPSA) is 73.3 Å². The van der Waals surface area contributed by atoms with Gasteiger partial charge in [0.25, 0.3) is 0 Å². The van der Waals surface area contributed by atoms with Crippen molar-refractivity contribution in [3.63, 3.8) is 0 Å². The first-order valence-electron chi connectivity index (χ1n) is 4.36. The summed E-state index contributed by atoms with van der Waals surface area (Å²) in [6.45, 7) is 1.88. The molecule has 0 aliphatic rings. The average Bonchev–Trinajstić information content (AvgIpc) is 2.45. The van der Waals surface area contributed by atoms with Gasteiger partial charge in [-0.05, 0) is 18.6 Å². The van der Waals surface area contributed by atoms with Crippen LogP contribution in [0.2, 0.25) is 5.15 Å². The van der Waals surface area contributed by atoms with E-state index in [0.717, 1.165) is 5.56 Å². The largest absolute Gasteiger partial charge is 0.369 e. The number of amides is 1. The number of hydrogen-bond acceptors (Lipinski definition) is 3. The van der Waals surface area contributed by atoms with E-state index >= 15 is 0 Å². The van der Waals surface area contributed by atoms with Crippen LogP contribution < -0.4 is 5.73 Å². The third kappa shape index (κ3) is 1.92. The molecule has 0 unspecified atom stereocenters. The molecule has 2 heterocycles. The van der Waals surface area contributed by atoms with Gasteiger partial charge in [0.15, 0.2) is 5.65 Å². The van der Waals surface area contributed by atoms with E-state index in [9.17, 15) is 4.79 Å². The first-order chi connectivity index (χ1) is 7.06. The molecule has 0 saturated carbocycles. The Kier molecular flexibility index (Phi) is 2.32. The third-order valence-electron chi connectivity index (χ3n) is 1.98. The Balaban J connectivity index is 2.55. The van der Waals surface area contributed by atoms with Crippen molar-refractivity contribution in [2.75, 3.05) is 0 Å². The number of halogens is 1. The highest BCUT2D eigenvalue weighted by Crippen LogP contribution is 2.13. The molecule has 2 rings (SSSR count). The fourth-order valence-corrected chi connectivity index (χ4v) is 1.65. The molecule has 2 aromatic rings. The predicted molar refractivity (Wildman–Crippen MR) is 55.6 cm³/mol. The van der Waals surface area contributed by atoms with Gasteiger partial charge >= 0.3 is 0 Å². The summed E-state index contributed by atoms with van der Waals surface area (Å²) < 4.78 is 1.55. The van der Waals surface area contributed by atoms with Crippen LogP contribution in [0.5, 0.6) is 0 Å². The molecule has 15 heavy (non-hydrogen) atoms. The monoisotopic (exact) mass is 224 g/mol. The molecule has 0 atom stereocenters. The summed E-state index contributed by atoms with van der Waals surface area (Å²) in [6.07, 6.45) is 1.76. The van der Waals surface area contributed by atoms with E-state index in [4.69, 9.17) is 17.3 Å². The van der Waals surface area contributed by atoms with Gasteiger partial charge in [0.05, 0.1) is 18.3 Å². The number of aryl methyl sites for hydroxylation is 1. The molecular formula is C9H9ClN4O. The van der Waals surface area contributed by atoms with Crippen LogP contribution in [-0.4, -0.2) is 20.5 Å². The minimum Gasteiger partial charge on any atom is -0.369 e. The van der Waals surface area contributed by atoms with Crippen molar-refractivity contribution in [2.24, 2.45) is 5.73 Å². The minimum absolute atomic E-state index is 0.112. The van der Waals surface area contributed by atoms with E-state index in [1.54, 1.807) is 16.8 Å². The van der Waals surface area contributed by atoms with E-state index < -0.39 is 5.91 Å². The smallest absolute Gasteiger partial charge is 0.223 e. The van der Waals surface area contributed by atoms with Gasteiger partial charge in [0, 0.05) is 0 Å². The molecule has 0 fully saturated rings. The molecule has 1 amide bonds. The van der Waals surface area contributed by atoms with Crippen LogP contribution in [-0.2, 0) is 11.2 Å². The number of nitrogens with two attached hydrogens (primary N) is 1. The molecule has 2 N–H and O–H groups in total. The number of hydrogen-bond donors (Lipinski definition) is 1. The zero-order chi connectivity index (χ0) is 11.0. The molecule has 0 saturated heterocycles. The van der Waals surface area contributed by atoms with Gasteiger partial charge < -0.3 is 5.73 Å². The number of nitrogens with zero attached hydrogens (tertiary/aromatic N) is 3. The molecule has 78 valence electrons. The van der Waals surface area contributed by atoms with Gasteiger partial charge in [-0.15, -0.1) is 0 Å². The lowest BCUT2D eigenvalue weighted by Gasteiger charge is -1.96. The maximum Gasteiger partial charge on any atom is 0.223 e. The SMILES string of the molecule is Cc1cc(Cl)nn2cc(CC(N)=O)nc12. The Bertz CT molecular complexity index is 534. The van der Waals surface area contributed by atoms with Crippen molar-refractivity contribution in [1.82, 2.24) is 14.6 Å². The highest BCUT2D eigenvalue weighted by atomic mass is 35.5. The van der Waals surface area contributed by atoms with Crippen LogP contribution in [0.1, 0.15) is 11.3 Å². The zero-order valence-electron chi connectivity index (χ0n) is 8.07. The van der Waals surface area contributed by atoms with Crippen molar-refractivity contribution in [1.29, 1.82) is 0 Å². The molecule has 0 aliphatic heterocycles. The van der Waals surface area contributed by atoms with Crippen molar-refractivity contribution in [3.05, 3.63) is 28.7 Å². The van der Waals surface area contributed by atoms with Crippen molar-refractivity contribution in [3.8, 4) is 0 Å². The minimum atomic E-state index is -0.415. The number of primary amides is 1. The van der Waals surface area contributed by atoms with Crippen LogP contribution >= 0.6 is 11.6 Å². The van der Waals surface area contributed by atoms with Crippen molar-refractivity contribution >= 4 is 23.2 Å². The van der Waals surface area contributed by atoms with Crippen LogP contribution in [0.15, 0.2) is 12.3 Å². The number of carbonyl (C=O) groups excluding carboxylic acids is 1. The lowest BCUT2D eigenvalue weighted by molar-refractivity contribution is -0.117. The second-order valence-electron chi connectivity index (χ2n) is 3.29. The number of rotatable bonds is 2. The zero-order valence-corrected chi connectivity index (χ0v) is 8.82. The summed E-state index contributed by atoms with van der Waals surface area (Å²) in [5, 5.41) is 4.42. The van der Waals surface area contributed by atoms with Gasteiger partial charge in [-0.1, -0.05) is 11.6 Å². The number of aromatic nitrogens is 3. The molecular weight excluding hydrogens is 216 g/mol. The molecule has 0 aliphatic carbocycles. The average molecular weight is 225 g/mol. The molecule has 0 radical (unpaired) electrons. The van der Waals surface area contributed by atoms with Crippen LogP contribution in [0.4, 0.5) is 0 Å². The lowest BCUT2D eigenvalue weighted by atomic mass is 10.3. The Morgan fingerprint density at radius 3 is 3.07 bits per heavy atom. The Labute approximate surface area is 90.9 Å². The first-order valence-corrected chi connectivity index (χ1v) is 4.74. The van der Waals surface area contributed by atoms with Crippen molar-refractivity contribution < 1.29 is 4.79 Å². The Hall–Kier alpha value is -1.62. The van der Waals surface area contributed by atoms with Crippen LogP contribution in [0, 0.1) is 6.92 Å². The normalized spacial score (nSPS) is 10.8. The lowest BCUT2D eigenvalue weighted by Crippen LogP contribution is -2.13. The van der Waals surface area contributed by atoms with E-state index in [2.05, 4.69) is 10.1 Å². The summed E-state index contributed by atoms with van der Waals surface area (Å²) in [7, 11) is 0. The van der Waals surface area contributed by atoms with Gasteiger partial charge in [0.1, 0.15) is 5.15 Å². The summed E-state index contributed by atoms with van der Waals surface area (Å²) >= 11 is 5.79. The highest BCUT2D eigenvalue weighted by molar-refractivity contribution is 6.29. The number of fused-ring (bicyclic) bond motifs is 1. The summed E-state index contributed by atoms with van der Waals surface area (Å²) in [5.74, 6) is -0.415. The Morgan fingerprint density at radius 1 is 1.67 bits per heavy atom. The third-order valence-corrected chi connectivity index (χ3v) is 2.17. The summed E-state index contributed by atoms with van der Waals surface area (Å²) in [6, 6.07) is 1.72. The maximum absolute atomic E-state index is 10.7. The molecule has 2 aromatic heterocycles. The molecule has 6 heteroatoms. The maximum atomic E-state index is 10.7. The van der Waals surface area contributed by atoms with E-state index in [-0.39, 0.29) is 6.42 Å². The highest BCUT2D eigenvalue weighted by Gasteiger charge is 2.08. The molecule has 5 nitrogen and oxygen atoms in total. The quantitative estimate of drug-likeness (QED) is 0.817. The number of imidazole rings is 1. The van der Waals surface area contributed by atoms with E-state index in [1.165, 1.54) is 0 Å². The summed E-state index contributed by atoms with van der Waals surface area (Å²) in [4.78, 5) is 15.0. The fourth-order valence-electron chi connectivity index (χ4n) is 1.40. The summed E-state index contributed by atoms with van der Waals surface area (Å²) in [5.41, 5.74) is 7.28. The second kappa shape index (κ2) is 3.51. The Morgan fingerprint density at radius 2 is 2.40 bits per heavy atom. The molecule has 0 aromatic carbocycles. The second-order valence-corrected chi connectivity index (χ2v) is 3.68. The van der Waals surface area contributed by atoms with Crippen LogP contribution in [0.25, 0.3) is 5.65 Å². The standard InChI is InChI=1S/C9H9ClN4O/c1-5-2-7(10)13-14-4-6(3-8(11)15)12-9(5)14/h2,4H,3H2,1H3,(H2,11,15).